The van der Waals surface area contributed by atoms with Crippen molar-refractivity contribution in [2.75, 3.05) is 38.6 Å². The number of hydrogen-bond acceptors (Lipinski definition) is 4. The molecule has 1 heterocycles. The van der Waals surface area contributed by atoms with Gasteiger partial charge in [-0.3, -0.25) is 9.59 Å². The molecule has 3 rings (SSSR count). The zero-order valence-corrected chi connectivity index (χ0v) is 16.7. The largest absolute Gasteiger partial charge is 0.484 e. The topological polar surface area (TPSA) is 70.7 Å². The van der Waals surface area contributed by atoms with E-state index in [0.29, 0.717) is 11.7 Å². The molecule has 1 aromatic carbocycles. The van der Waals surface area contributed by atoms with E-state index in [0.717, 1.165) is 51.0 Å². The molecule has 1 saturated heterocycles. The summed E-state index contributed by atoms with van der Waals surface area (Å²) >= 11 is 0. The Kier molecular flexibility index (Phi) is 8.38. The van der Waals surface area contributed by atoms with Crippen LogP contribution >= 0.6 is 12.4 Å². The Labute approximate surface area is 167 Å². The first-order valence-corrected chi connectivity index (χ1v) is 9.62. The molecule has 1 aliphatic heterocycles. The predicted molar refractivity (Wildman–Crippen MR) is 108 cm³/mol. The minimum absolute atomic E-state index is 0. The van der Waals surface area contributed by atoms with E-state index in [1.54, 1.807) is 6.07 Å². The van der Waals surface area contributed by atoms with Crippen molar-refractivity contribution < 1.29 is 14.3 Å². The summed E-state index contributed by atoms with van der Waals surface area (Å²) in [4.78, 5) is 26.1. The van der Waals surface area contributed by atoms with Crippen molar-refractivity contribution in [3.63, 3.8) is 0 Å². The highest BCUT2D eigenvalue weighted by Gasteiger charge is 2.29. The number of benzene rings is 1. The molecule has 1 saturated carbocycles. The Morgan fingerprint density at radius 3 is 2.59 bits per heavy atom. The lowest BCUT2D eigenvalue weighted by atomic mass is 9.93. The van der Waals surface area contributed by atoms with E-state index in [4.69, 9.17) is 4.74 Å². The molecule has 2 fully saturated rings. The number of carbonyl (C=O) groups is 2. The lowest BCUT2D eigenvalue weighted by Crippen LogP contribution is -2.41. The molecule has 0 spiro atoms. The van der Waals surface area contributed by atoms with Crippen molar-refractivity contribution in [1.82, 2.24) is 10.2 Å². The second-order valence-corrected chi connectivity index (χ2v) is 7.30. The third-order valence-electron chi connectivity index (χ3n) is 5.18. The number of piperidine rings is 1. The number of nitrogens with zero attached hydrogens (tertiary/aromatic N) is 1. The quantitative estimate of drug-likeness (QED) is 0.710. The molecule has 7 heteroatoms. The van der Waals surface area contributed by atoms with Gasteiger partial charge in [0.1, 0.15) is 5.75 Å². The fraction of sp³-hybridized carbons (Fsp3) is 0.600. The van der Waals surface area contributed by atoms with Crippen molar-refractivity contribution >= 4 is 29.9 Å². The van der Waals surface area contributed by atoms with E-state index in [9.17, 15) is 9.59 Å². The van der Waals surface area contributed by atoms with Crippen molar-refractivity contribution in [2.45, 2.75) is 32.1 Å². The van der Waals surface area contributed by atoms with E-state index in [2.05, 4.69) is 10.6 Å². The minimum atomic E-state index is 0. The van der Waals surface area contributed by atoms with Gasteiger partial charge in [-0.25, -0.2) is 0 Å². The van der Waals surface area contributed by atoms with Gasteiger partial charge < -0.3 is 20.3 Å². The third-order valence-corrected chi connectivity index (χ3v) is 5.18. The third kappa shape index (κ3) is 6.70. The first-order chi connectivity index (χ1) is 12.7. The summed E-state index contributed by atoms with van der Waals surface area (Å²) in [6.07, 6.45) is 5.25. The summed E-state index contributed by atoms with van der Waals surface area (Å²) < 4.78 is 5.66. The van der Waals surface area contributed by atoms with E-state index in [1.165, 1.54) is 6.42 Å². The molecule has 0 atom stereocenters. The Balaban J connectivity index is 0.00000261. The van der Waals surface area contributed by atoms with Gasteiger partial charge in [0.15, 0.2) is 6.61 Å². The van der Waals surface area contributed by atoms with Gasteiger partial charge in [0.25, 0.3) is 5.91 Å². The number of carbonyl (C=O) groups excluding carboxylic acids is 2. The normalized spacial score (nSPS) is 17.1. The number of halogens is 1. The SMILES string of the molecule is CNCCC1CCN(C(=O)COc2cccc(NC(=O)C3CC3)c2)CC1.Cl. The molecule has 6 nitrogen and oxygen atoms in total. The fourth-order valence-corrected chi connectivity index (χ4v) is 3.31. The zero-order chi connectivity index (χ0) is 18.4. The van der Waals surface area contributed by atoms with Gasteiger partial charge in [-0.15, -0.1) is 12.4 Å². The maximum absolute atomic E-state index is 12.4. The lowest BCUT2D eigenvalue weighted by Gasteiger charge is -2.32. The summed E-state index contributed by atoms with van der Waals surface area (Å²) in [6.45, 7) is 2.71. The number of rotatable bonds is 8. The molecule has 2 amide bonds. The summed E-state index contributed by atoms with van der Waals surface area (Å²) in [5.41, 5.74) is 0.720. The van der Waals surface area contributed by atoms with Crippen molar-refractivity contribution in [1.29, 1.82) is 0 Å². The molecule has 0 unspecified atom stereocenters. The molecular formula is C20H30ClN3O3. The summed E-state index contributed by atoms with van der Waals surface area (Å²) in [5.74, 6) is 1.58. The fourth-order valence-electron chi connectivity index (χ4n) is 3.31. The first-order valence-electron chi connectivity index (χ1n) is 9.62. The highest BCUT2D eigenvalue weighted by molar-refractivity contribution is 5.94. The van der Waals surface area contributed by atoms with Gasteiger partial charge in [-0.1, -0.05) is 6.07 Å². The number of ether oxygens (including phenoxy) is 1. The Bertz CT molecular complexity index is 629. The van der Waals surface area contributed by atoms with Crippen LogP contribution < -0.4 is 15.4 Å². The van der Waals surface area contributed by atoms with Crippen molar-refractivity contribution in [3.8, 4) is 5.75 Å². The molecule has 2 aliphatic rings. The molecule has 150 valence electrons. The smallest absolute Gasteiger partial charge is 0.260 e. The molecular weight excluding hydrogens is 366 g/mol. The number of nitrogens with one attached hydrogen (secondary N) is 2. The van der Waals surface area contributed by atoms with Crippen LogP contribution in [0.3, 0.4) is 0 Å². The maximum Gasteiger partial charge on any atom is 0.260 e. The standard InChI is InChI=1S/C20H29N3O3.ClH/c1-21-10-7-15-8-11-23(12-9-15)19(24)14-26-18-4-2-3-17(13-18)22-20(25)16-5-6-16;/h2-4,13,15-16,21H,5-12,14H2,1H3,(H,22,25);1H. The van der Waals surface area contributed by atoms with Crippen LogP contribution in [0.5, 0.6) is 5.75 Å². The molecule has 1 aromatic rings. The van der Waals surface area contributed by atoms with Gasteiger partial charge in [-0.05, 0) is 63.7 Å². The van der Waals surface area contributed by atoms with E-state index >= 15 is 0 Å². The van der Waals surface area contributed by atoms with Gasteiger partial charge in [0.2, 0.25) is 5.91 Å². The van der Waals surface area contributed by atoms with Crippen LogP contribution in [0.2, 0.25) is 0 Å². The highest BCUT2D eigenvalue weighted by atomic mass is 35.5. The van der Waals surface area contributed by atoms with Gasteiger partial charge in [-0.2, -0.15) is 0 Å². The van der Waals surface area contributed by atoms with Crippen LogP contribution in [0.1, 0.15) is 32.1 Å². The van der Waals surface area contributed by atoms with Gasteiger partial charge in [0.05, 0.1) is 0 Å². The van der Waals surface area contributed by atoms with Gasteiger partial charge >= 0.3 is 0 Å². The van der Waals surface area contributed by atoms with Crippen LogP contribution in [0, 0.1) is 11.8 Å². The molecule has 0 bridgehead atoms. The van der Waals surface area contributed by atoms with Gasteiger partial charge in [0, 0.05) is 30.8 Å². The first kappa shape index (κ1) is 21.5. The lowest BCUT2D eigenvalue weighted by molar-refractivity contribution is -0.134. The van der Waals surface area contributed by atoms with Crippen molar-refractivity contribution in [3.05, 3.63) is 24.3 Å². The summed E-state index contributed by atoms with van der Waals surface area (Å²) in [7, 11) is 1.97. The van der Waals surface area contributed by atoms with Crippen LogP contribution in [0.15, 0.2) is 24.3 Å². The van der Waals surface area contributed by atoms with Crippen LogP contribution in [0.4, 0.5) is 5.69 Å². The summed E-state index contributed by atoms with van der Waals surface area (Å²) in [5, 5.41) is 6.08. The maximum atomic E-state index is 12.4. The van der Waals surface area contributed by atoms with E-state index in [1.807, 2.05) is 30.1 Å². The average molecular weight is 396 g/mol. The highest BCUT2D eigenvalue weighted by Crippen LogP contribution is 2.30. The monoisotopic (exact) mass is 395 g/mol. The van der Waals surface area contributed by atoms with Crippen LogP contribution in [0.25, 0.3) is 0 Å². The zero-order valence-electron chi connectivity index (χ0n) is 15.9. The van der Waals surface area contributed by atoms with Crippen molar-refractivity contribution in [2.24, 2.45) is 11.8 Å². The van der Waals surface area contributed by atoms with E-state index < -0.39 is 0 Å². The second-order valence-electron chi connectivity index (χ2n) is 7.30. The number of anilines is 1. The Morgan fingerprint density at radius 1 is 1.19 bits per heavy atom. The minimum Gasteiger partial charge on any atom is -0.484 e. The molecule has 2 N–H and O–H groups in total. The average Bonchev–Trinajstić information content (AvgIpc) is 3.50. The number of likely N-dealkylation sites (tertiary alicyclic amines) is 1. The molecule has 0 radical (unpaired) electrons. The summed E-state index contributed by atoms with van der Waals surface area (Å²) in [6, 6.07) is 7.25. The number of amides is 2. The van der Waals surface area contributed by atoms with Crippen LogP contribution in [-0.2, 0) is 9.59 Å². The Hall–Kier alpha value is -1.79. The predicted octanol–water partition coefficient (Wildman–Crippen LogP) is 2.68. The van der Waals surface area contributed by atoms with E-state index in [-0.39, 0.29) is 36.7 Å². The van der Waals surface area contributed by atoms with Crippen LogP contribution in [-0.4, -0.2) is 50.0 Å². The molecule has 27 heavy (non-hydrogen) atoms. The second kappa shape index (κ2) is 10.5. The molecule has 0 aromatic heterocycles. The number of hydrogen-bond donors (Lipinski definition) is 2. The Morgan fingerprint density at radius 2 is 1.93 bits per heavy atom. The molecule has 1 aliphatic carbocycles.